The molecular formula is C25H35N3O6S. The molecule has 0 aliphatic rings. The number of ether oxygens (including phenoxy) is 2. The number of sulfone groups is 1. The number of aromatic nitrogens is 3. The molecule has 2 heterocycles. The quantitative estimate of drug-likeness (QED) is 0.361. The molecule has 10 heteroatoms. The van der Waals surface area contributed by atoms with Gasteiger partial charge in [0.2, 0.25) is 6.41 Å². The summed E-state index contributed by atoms with van der Waals surface area (Å²) < 4.78 is 37.9. The van der Waals surface area contributed by atoms with Crippen LogP contribution in [0.1, 0.15) is 75.6 Å². The molecule has 1 N–H and O–H groups in total. The fraction of sp³-hybridized carbons (Fsp3) is 0.520. The molecule has 1 atom stereocenters. The molecule has 2 aromatic heterocycles. The molecule has 35 heavy (non-hydrogen) atoms. The molecule has 0 bridgehead atoms. The van der Waals surface area contributed by atoms with Gasteiger partial charge in [0.25, 0.3) is 0 Å². The number of hydrogen-bond acceptors (Lipinski definition) is 7. The van der Waals surface area contributed by atoms with Crippen molar-refractivity contribution in [3.8, 4) is 11.1 Å². The smallest absolute Gasteiger partial charge is 0.355 e. The first-order valence-electron chi connectivity index (χ1n) is 11.6. The number of nitrogens with zero attached hydrogens (tertiary/aromatic N) is 3. The van der Waals surface area contributed by atoms with Crippen LogP contribution in [0.4, 0.5) is 0 Å². The van der Waals surface area contributed by atoms with Crippen LogP contribution < -0.4 is 0 Å². The molecule has 0 spiro atoms. The van der Waals surface area contributed by atoms with Crippen LogP contribution in [0.25, 0.3) is 22.2 Å². The first kappa shape index (κ1) is 26.9. The average molecular weight is 506 g/mol. The van der Waals surface area contributed by atoms with Crippen LogP contribution in [-0.4, -0.2) is 52.3 Å². The molecule has 0 saturated heterocycles. The van der Waals surface area contributed by atoms with Gasteiger partial charge in [0.15, 0.2) is 9.84 Å². The third-order valence-electron chi connectivity index (χ3n) is 5.39. The second kappa shape index (κ2) is 9.75. The highest BCUT2D eigenvalue weighted by Crippen LogP contribution is 2.40. The van der Waals surface area contributed by atoms with Gasteiger partial charge in [-0.2, -0.15) is 5.10 Å². The maximum atomic E-state index is 13.3. The van der Waals surface area contributed by atoms with Gasteiger partial charge in [-0.1, -0.05) is 38.1 Å². The highest BCUT2D eigenvalue weighted by molar-refractivity contribution is 7.89. The number of rotatable bonds is 8. The fourth-order valence-corrected chi connectivity index (χ4v) is 5.05. The normalized spacial score (nSPS) is 13.5. The summed E-state index contributed by atoms with van der Waals surface area (Å²) in [6.07, 6.45) is -0.293. The lowest BCUT2D eigenvalue weighted by atomic mass is 10.0. The minimum Gasteiger partial charge on any atom is -0.461 e. The van der Waals surface area contributed by atoms with Crippen molar-refractivity contribution in [1.29, 1.82) is 0 Å². The molecule has 3 aromatic rings. The number of carbonyl (C=O) groups is 1. The highest BCUT2D eigenvalue weighted by Gasteiger charge is 2.34. The van der Waals surface area contributed by atoms with Crippen molar-refractivity contribution >= 4 is 26.8 Å². The number of carbonyl (C=O) groups excluding carboxylic acids is 1. The number of esters is 1. The molecule has 0 radical (unpaired) electrons. The van der Waals surface area contributed by atoms with E-state index in [1.54, 1.807) is 35.9 Å². The Morgan fingerprint density at radius 1 is 1.17 bits per heavy atom. The Labute approximate surface area is 206 Å². The molecule has 9 nitrogen and oxygen atoms in total. The lowest BCUT2D eigenvalue weighted by molar-refractivity contribution is -0.208. The van der Waals surface area contributed by atoms with Crippen LogP contribution in [0, 0.1) is 0 Å². The van der Waals surface area contributed by atoms with Crippen LogP contribution >= 0.6 is 0 Å². The molecule has 192 valence electrons. The molecule has 1 aromatic carbocycles. The number of hydrogen-bond donors (Lipinski definition) is 1. The van der Waals surface area contributed by atoms with Crippen molar-refractivity contribution in [2.24, 2.45) is 7.05 Å². The maximum absolute atomic E-state index is 13.3. The van der Waals surface area contributed by atoms with Gasteiger partial charge in [-0.25, -0.2) is 13.2 Å². The summed E-state index contributed by atoms with van der Waals surface area (Å²) in [7, 11) is -1.38. The topological polar surface area (TPSA) is 113 Å². The largest absolute Gasteiger partial charge is 0.461 e. The predicted molar refractivity (Wildman–Crippen MR) is 135 cm³/mol. The third-order valence-corrected chi connectivity index (χ3v) is 6.25. The zero-order valence-electron chi connectivity index (χ0n) is 21.6. The Hall–Kier alpha value is -2.69. The zero-order valence-corrected chi connectivity index (χ0v) is 22.4. The molecule has 0 aliphatic carbocycles. The summed E-state index contributed by atoms with van der Waals surface area (Å²) in [4.78, 5) is 13.3. The van der Waals surface area contributed by atoms with Gasteiger partial charge in [0.05, 0.1) is 29.2 Å². The lowest BCUT2D eigenvalue weighted by Crippen LogP contribution is -2.28. The summed E-state index contributed by atoms with van der Waals surface area (Å²) >= 11 is 0. The van der Waals surface area contributed by atoms with Crippen molar-refractivity contribution in [3.05, 3.63) is 41.2 Å². The first-order valence-corrected chi connectivity index (χ1v) is 13.6. The molecule has 1 unspecified atom stereocenters. The van der Waals surface area contributed by atoms with E-state index in [1.165, 1.54) is 10.8 Å². The summed E-state index contributed by atoms with van der Waals surface area (Å²) in [5.74, 6) is -0.677. The van der Waals surface area contributed by atoms with E-state index in [-0.39, 0.29) is 24.0 Å². The molecular weight excluding hydrogens is 470 g/mol. The second-order valence-corrected chi connectivity index (χ2v) is 12.1. The van der Waals surface area contributed by atoms with E-state index in [0.29, 0.717) is 27.7 Å². The van der Waals surface area contributed by atoms with Gasteiger partial charge >= 0.3 is 5.97 Å². The number of aliphatic hydroxyl groups excluding tert-OH is 1. The number of aliphatic hydroxyl groups is 1. The minimum atomic E-state index is -3.20. The Balaban J connectivity index is 2.38. The van der Waals surface area contributed by atoms with Gasteiger partial charge in [-0.3, -0.25) is 9.25 Å². The van der Waals surface area contributed by atoms with E-state index in [9.17, 15) is 18.3 Å². The van der Waals surface area contributed by atoms with Crippen molar-refractivity contribution < 1.29 is 27.8 Å². The third kappa shape index (κ3) is 5.76. The number of fused-ring (bicyclic) bond motifs is 1. The van der Waals surface area contributed by atoms with Crippen LogP contribution in [0.5, 0.6) is 0 Å². The lowest BCUT2D eigenvalue weighted by Gasteiger charge is -2.26. The summed E-state index contributed by atoms with van der Waals surface area (Å²) in [6.45, 7) is 11.3. The minimum absolute atomic E-state index is 0.0283. The van der Waals surface area contributed by atoms with E-state index in [4.69, 9.17) is 14.6 Å². The molecule has 3 rings (SSSR count). The summed E-state index contributed by atoms with van der Waals surface area (Å²) in [5, 5.41) is 15.9. The number of benzene rings is 1. The monoisotopic (exact) mass is 505 g/mol. The van der Waals surface area contributed by atoms with Crippen LogP contribution in [0.15, 0.2) is 24.3 Å². The van der Waals surface area contributed by atoms with Crippen molar-refractivity contribution in [3.63, 3.8) is 0 Å². The molecule has 0 amide bonds. The Kier molecular flexibility index (Phi) is 7.50. The molecule has 0 saturated carbocycles. The summed E-state index contributed by atoms with van der Waals surface area (Å²) in [6, 6.07) is 6.93. The Morgan fingerprint density at radius 3 is 2.26 bits per heavy atom. The molecule has 0 aliphatic heterocycles. The van der Waals surface area contributed by atoms with Gasteiger partial charge < -0.3 is 14.6 Å². The van der Waals surface area contributed by atoms with Crippen LogP contribution in [0.3, 0.4) is 0 Å². The second-order valence-electron chi connectivity index (χ2n) is 10.00. The number of aryl methyl sites for hydroxylation is 1. The first-order chi connectivity index (χ1) is 16.1. The van der Waals surface area contributed by atoms with Crippen molar-refractivity contribution in [1.82, 2.24) is 14.3 Å². The van der Waals surface area contributed by atoms with Crippen LogP contribution in [-0.2, 0) is 32.1 Å². The zero-order chi connectivity index (χ0) is 26.3. The average Bonchev–Trinajstić information content (AvgIpc) is 3.18. The van der Waals surface area contributed by atoms with E-state index in [1.807, 2.05) is 41.7 Å². The maximum Gasteiger partial charge on any atom is 0.355 e. The SMILES string of the molecule is CCOC(=O)c1c(-c2ccc(CS(C)(=O)=O)cc2)c2nn(C)c(C(C)C)c2n1C(O)OC(C)(C)C. The van der Waals surface area contributed by atoms with E-state index in [2.05, 4.69) is 0 Å². The van der Waals surface area contributed by atoms with Gasteiger partial charge in [0.1, 0.15) is 11.2 Å². The molecule has 0 fully saturated rings. The van der Waals surface area contributed by atoms with Crippen molar-refractivity contribution in [2.75, 3.05) is 12.9 Å². The van der Waals surface area contributed by atoms with Gasteiger partial charge in [-0.15, -0.1) is 0 Å². The Bertz CT molecular complexity index is 1330. The van der Waals surface area contributed by atoms with Gasteiger partial charge in [-0.05, 0) is 44.7 Å². The van der Waals surface area contributed by atoms with E-state index >= 15 is 0 Å². The standard InChI is InChI=1S/C25H35N3O6S/c1-9-33-23(29)21-18(17-12-10-16(11-13-17)14-35(8,31)32)19-22(20(15(2)3)27(7)26-19)28(21)24(30)34-25(4,5)6/h10-13,15,24,30H,9,14H2,1-8H3. The van der Waals surface area contributed by atoms with Crippen molar-refractivity contribution in [2.45, 2.75) is 65.2 Å². The van der Waals surface area contributed by atoms with Gasteiger partial charge in [0, 0.05) is 18.9 Å². The highest BCUT2D eigenvalue weighted by atomic mass is 32.2. The van der Waals surface area contributed by atoms with E-state index in [0.717, 1.165) is 5.69 Å². The summed E-state index contributed by atoms with van der Waals surface area (Å²) in [5.41, 5.74) is 3.11. The van der Waals surface area contributed by atoms with Crippen LogP contribution in [0.2, 0.25) is 0 Å². The van der Waals surface area contributed by atoms with E-state index < -0.39 is 27.8 Å². The fourth-order valence-electron chi connectivity index (χ4n) is 4.26. The predicted octanol–water partition coefficient (Wildman–Crippen LogP) is 4.15. The Morgan fingerprint density at radius 2 is 1.77 bits per heavy atom.